The van der Waals surface area contributed by atoms with Crippen LogP contribution in [0.1, 0.15) is 24.2 Å². The van der Waals surface area contributed by atoms with Crippen LogP contribution in [-0.4, -0.2) is 12.4 Å². The minimum atomic E-state index is -0.0414. The normalized spacial score (nSPS) is 9.93. The lowest BCUT2D eigenvalue weighted by atomic mass is 10.1. The van der Waals surface area contributed by atoms with Gasteiger partial charge in [0.15, 0.2) is 5.78 Å². The number of nitrogen functional groups attached to an aromatic ring is 1. The smallest absolute Gasteiger partial charge is 0.164 e. The summed E-state index contributed by atoms with van der Waals surface area (Å²) in [7, 11) is 0. The molecule has 2 N–H and O–H groups in total. The molecule has 0 aliphatic carbocycles. The van der Waals surface area contributed by atoms with E-state index in [2.05, 4.69) is 15.9 Å². The predicted molar refractivity (Wildman–Crippen MR) is 59.7 cm³/mol. The molecule has 0 aliphatic heterocycles. The van der Waals surface area contributed by atoms with Gasteiger partial charge in [0.05, 0.1) is 12.2 Å². The van der Waals surface area contributed by atoms with Gasteiger partial charge in [-0.1, -0.05) is 0 Å². The van der Waals surface area contributed by atoms with Gasteiger partial charge in [0.1, 0.15) is 5.75 Å². The van der Waals surface area contributed by atoms with Gasteiger partial charge in [-0.25, -0.2) is 0 Å². The summed E-state index contributed by atoms with van der Waals surface area (Å²) in [6.45, 7) is 3.87. The number of Topliss-reactive ketones (excluding diaryl/α,β-unsaturated/α-hetero) is 1. The van der Waals surface area contributed by atoms with Crippen molar-refractivity contribution in [2.24, 2.45) is 0 Å². The number of ether oxygens (including phenoxy) is 1. The Morgan fingerprint density at radius 1 is 1.57 bits per heavy atom. The van der Waals surface area contributed by atoms with E-state index in [-0.39, 0.29) is 5.78 Å². The largest absolute Gasteiger partial charge is 0.493 e. The Labute approximate surface area is 91.4 Å². The van der Waals surface area contributed by atoms with E-state index >= 15 is 0 Å². The highest BCUT2D eigenvalue weighted by molar-refractivity contribution is 9.10. The lowest BCUT2D eigenvalue weighted by Gasteiger charge is -2.10. The van der Waals surface area contributed by atoms with Gasteiger partial charge < -0.3 is 10.5 Å². The van der Waals surface area contributed by atoms with Crippen molar-refractivity contribution in [1.82, 2.24) is 0 Å². The van der Waals surface area contributed by atoms with Crippen molar-refractivity contribution >= 4 is 27.4 Å². The Hall–Kier alpha value is -1.03. The van der Waals surface area contributed by atoms with Gasteiger partial charge in [-0.05, 0) is 35.8 Å². The van der Waals surface area contributed by atoms with Crippen LogP contribution in [0, 0.1) is 0 Å². The summed E-state index contributed by atoms with van der Waals surface area (Å²) in [5.41, 5.74) is 6.75. The molecule has 0 aromatic heterocycles. The third-order valence-electron chi connectivity index (χ3n) is 1.73. The average Bonchev–Trinajstić information content (AvgIpc) is 2.01. The van der Waals surface area contributed by atoms with Crippen LogP contribution in [0.2, 0.25) is 0 Å². The minimum absolute atomic E-state index is 0.0414. The van der Waals surface area contributed by atoms with Crippen LogP contribution in [-0.2, 0) is 0 Å². The lowest BCUT2D eigenvalue weighted by Crippen LogP contribution is -2.03. The second-order valence-corrected chi connectivity index (χ2v) is 3.72. The van der Waals surface area contributed by atoms with Gasteiger partial charge >= 0.3 is 0 Å². The SMILES string of the molecule is CCOc1cc(N)cc(Br)c1C(C)=O. The molecule has 0 atom stereocenters. The second-order valence-electron chi connectivity index (χ2n) is 2.87. The van der Waals surface area contributed by atoms with Crippen LogP contribution in [0.5, 0.6) is 5.75 Å². The second kappa shape index (κ2) is 4.46. The first-order valence-corrected chi connectivity index (χ1v) is 5.08. The molecule has 14 heavy (non-hydrogen) atoms. The van der Waals surface area contributed by atoms with Crippen molar-refractivity contribution in [3.63, 3.8) is 0 Å². The number of ketones is 1. The van der Waals surface area contributed by atoms with E-state index in [0.717, 1.165) is 0 Å². The van der Waals surface area contributed by atoms with Gasteiger partial charge in [-0.2, -0.15) is 0 Å². The van der Waals surface area contributed by atoms with E-state index in [0.29, 0.717) is 28.1 Å². The van der Waals surface area contributed by atoms with Gasteiger partial charge in [-0.15, -0.1) is 0 Å². The maximum atomic E-state index is 11.3. The summed E-state index contributed by atoms with van der Waals surface area (Å²) >= 11 is 3.29. The first-order chi connectivity index (χ1) is 6.56. The summed E-state index contributed by atoms with van der Waals surface area (Å²) < 4.78 is 6.00. The molecule has 0 heterocycles. The molecule has 76 valence electrons. The van der Waals surface area contributed by atoms with Crippen molar-refractivity contribution in [2.75, 3.05) is 12.3 Å². The van der Waals surface area contributed by atoms with E-state index in [4.69, 9.17) is 10.5 Å². The fourth-order valence-electron chi connectivity index (χ4n) is 1.21. The number of carbonyl (C=O) groups excluding carboxylic acids is 1. The van der Waals surface area contributed by atoms with Crippen LogP contribution in [0.25, 0.3) is 0 Å². The lowest BCUT2D eigenvalue weighted by molar-refractivity contribution is 0.101. The Kier molecular flexibility index (Phi) is 3.52. The molecule has 0 saturated heterocycles. The summed E-state index contributed by atoms with van der Waals surface area (Å²) in [4.78, 5) is 11.3. The Morgan fingerprint density at radius 2 is 2.21 bits per heavy atom. The molecule has 0 bridgehead atoms. The number of hydrogen-bond acceptors (Lipinski definition) is 3. The predicted octanol–water partition coefficient (Wildman–Crippen LogP) is 2.63. The number of rotatable bonds is 3. The molecule has 0 unspecified atom stereocenters. The zero-order chi connectivity index (χ0) is 10.7. The fourth-order valence-corrected chi connectivity index (χ4v) is 1.95. The molecule has 1 aromatic rings. The van der Waals surface area contributed by atoms with Gasteiger partial charge in [0, 0.05) is 16.2 Å². The maximum absolute atomic E-state index is 11.3. The van der Waals surface area contributed by atoms with E-state index in [1.165, 1.54) is 6.92 Å². The highest BCUT2D eigenvalue weighted by Crippen LogP contribution is 2.30. The van der Waals surface area contributed by atoms with Crippen molar-refractivity contribution in [1.29, 1.82) is 0 Å². The number of anilines is 1. The molecule has 0 spiro atoms. The van der Waals surface area contributed by atoms with Crippen LogP contribution in [0.15, 0.2) is 16.6 Å². The molecule has 0 radical (unpaired) electrons. The third-order valence-corrected chi connectivity index (χ3v) is 2.35. The molecule has 3 nitrogen and oxygen atoms in total. The number of carbonyl (C=O) groups is 1. The highest BCUT2D eigenvalue weighted by atomic mass is 79.9. The molecule has 0 aliphatic rings. The zero-order valence-electron chi connectivity index (χ0n) is 8.13. The van der Waals surface area contributed by atoms with Gasteiger partial charge in [0.25, 0.3) is 0 Å². The van der Waals surface area contributed by atoms with Crippen LogP contribution >= 0.6 is 15.9 Å². The molecule has 0 saturated carbocycles. The molecular formula is C10H12BrNO2. The molecule has 0 fully saturated rings. The summed E-state index contributed by atoms with van der Waals surface area (Å²) in [5, 5.41) is 0. The molecule has 0 amide bonds. The van der Waals surface area contributed by atoms with Crippen LogP contribution in [0.4, 0.5) is 5.69 Å². The van der Waals surface area contributed by atoms with Crippen molar-refractivity contribution in [3.8, 4) is 5.75 Å². The number of benzene rings is 1. The van der Waals surface area contributed by atoms with E-state index in [1.807, 2.05) is 6.92 Å². The van der Waals surface area contributed by atoms with Crippen molar-refractivity contribution < 1.29 is 9.53 Å². The number of hydrogen-bond donors (Lipinski definition) is 1. The number of nitrogens with two attached hydrogens (primary N) is 1. The van der Waals surface area contributed by atoms with Gasteiger partial charge in [-0.3, -0.25) is 4.79 Å². The first kappa shape index (κ1) is 11.0. The average molecular weight is 258 g/mol. The minimum Gasteiger partial charge on any atom is -0.493 e. The Balaban J connectivity index is 3.28. The quantitative estimate of drug-likeness (QED) is 0.669. The first-order valence-electron chi connectivity index (χ1n) is 4.29. The van der Waals surface area contributed by atoms with E-state index in [1.54, 1.807) is 12.1 Å². The van der Waals surface area contributed by atoms with Crippen LogP contribution < -0.4 is 10.5 Å². The Bertz CT molecular complexity index is 363. The van der Waals surface area contributed by atoms with Crippen molar-refractivity contribution in [3.05, 3.63) is 22.2 Å². The fraction of sp³-hybridized carbons (Fsp3) is 0.300. The molecule has 4 heteroatoms. The Morgan fingerprint density at radius 3 is 2.71 bits per heavy atom. The topological polar surface area (TPSA) is 52.3 Å². The molecule has 1 aromatic carbocycles. The van der Waals surface area contributed by atoms with Crippen LogP contribution in [0.3, 0.4) is 0 Å². The third kappa shape index (κ3) is 2.26. The number of halogens is 1. The molecule has 1 rings (SSSR count). The maximum Gasteiger partial charge on any atom is 0.164 e. The summed E-state index contributed by atoms with van der Waals surface area (Å²) in [6, 6.07) is 3.35. The van der Waals surface area contributed by atoms with E-state index < -0.39 is 0 Å². The molecular weight excluding hydrogens is 246 g/mol. The summed E-state index contributed by atoms with van der Waals surface area (Å²) in [6.07, 6.45) is 0. The van der Waals surface area contributed by atoms with Gasteiger partial charge in [0.2, 0.25) is 0 Å². The summed E-state index contributed by atoms with van der Waals surface area (Å²) in [5.74, 6) is 0.493. The zero-order valence-corrected chi connectivity index (χ0v) is 9.72. The highest BCUT2D eigenvalue weighted by Gasteiger charge is 2.13. The monoisotopic (exact) mass is 257 g/mol. The van der Waals surface area contributed by atoms with Crippen molar-refractivity contribution in [2.45, 2.75) is 13.8 Å². The standard InChI is InChI=1S/C10H12BrNO2/c1-3-14-9-5-7(12)4-8(11)10(9)6(2)13/h4-5H,3,12H2,1-2H3. The van der Waals surface area contributed by atoms with E-state index in [9.17, 15) is 4.79 Å².